The molecule has 0 aliphatic heterocycles. The van der Waals surface area contributed by atoms with Gasteiger partial charge in [-0.15, -0.1) is 0 Å². The number of alkyl halides is 1. The summed E-state index contributed by atoms with van der Waals surface area (Å²) in [5.41, 5.74) is 0. The van der Waals surface area contributed by atoms with Crippen LogP contribution in [0.1, 0.15) is 25.7 Å². The van der Waals surface area contributed by atoms with E-state index >= 15 is 0 Å². The van der Waals surface area contributed by atoms with E-state index in [0.29, 0.717) is 17.7 Å². The molecule has 3 atom stereocenters. The Hall–Kier alpha value is -0.740. The van der Waals surface area contributed by atoms with E-state index in [1.807, 2.05) is 6.07 Å². The average molecular weight is 242 g/mol. The van der Waals surface area contributed by atoms with Crippen molar-refractivity contribution < 1.29 is 12.8 Å². The predicted molar refractivity (Wildman–Crippen MR) is 61.1 cm³/mol. The number of benzene rings is 1. The molecule has 16 heavy (non-hydrogen) atoms. The highest BCUT2D eigenvalue weighted by molar-refractivity contribution is 7.80. The molecule has 88 valence electrons. The van der Waals surface area contributed by atoms with E-state index in [-0.39, 0.29) is 0 Å². The lowest BCUT2D eigenvalue weighted by Gasteiger charge is -2.24. The van der Waals surface area contributed by atoms with Gasteiger partial charge in [-0.1, -0.05) is 31.0 Å². The topological polar surface area (TPSA) is 26.3 Å². The number of halogens is 1. The van der Waals surface area contributed by atoms with Gasteiger partial charge < -0.3 is 0 Å². The lowest BCUT2D eigenvalue weighted by atomic mass is 9.96. The van der Waals surface area contributed by atoms with Gasteiger partial charge in [0.2, 0.25) is 0 Å². The molecule has 4 heteroatoms. The van der Waals surface area contributed by atoms with Crippen molar-refractivity contribution in [3.63, 3.8) is 0 Å². The fourth-order valence-corrected chi connectivity index (χ4v) is 2.79. The summed E-state index contributed by atoms with van der Waals surface area (Å²) in [6.45, 7) is 0. The largest absolute Gasteiger partial charge is 0.280 e. The molecule has 1 aromatic rings. The normalized spacial score (nSPS) is 27.6. The Morgan fingerprint density at radius 3 is 2.56 bits per heavy atom. The van der Waals surface area contributed by atoms with E-state index in [0.717, 1.165) is 12.8 Å². The van der Waals surface area contributed by atoms with Crippen LogP contribution in [0.4, 0.5) is 4.39 Å². The second-order valence-corrected chi connectivity index (χ2v) is 5.12. The van der Waals surface area contributed by atoms with Crippen molar-refractivity contribution in [1.82, 2.24) is 0 Å². The zero-order chi connectivity index (χ0) is 11.4. The van der Waals surface area contributed by atoms with E-state index in [1.165, 1.54) is 0 Å². The summed E-state index contributed by atoms with van der Waals surface area (Å²) < 4.78 is 30.5. The quantitative estimate of drug-likeness (QED) is 0.814. The van der Waals surface area contributed by atoms with Crippen LogP contribution in [0.15, 0.2) is 35.2 Å². The summed E-state index contributed by atoms with van der Waals surface area (Å²) in [4.78, 5) is 0.597. The first-order valence-corrected chi connectivity index (χ1v) is 6.63. The van der Waals surface area contributed by atoms with E-state index in [2.05, 4.69) is 0 Å². The molecule has 0 spiro atoms. The molecule has 1 aliphatic rings. The Morgan fingerprint density at radius 1 is 1.19 bits per heavy atom. The van der Waals surface area contributed by atoms with Crippen molar-refractivity contribution in [3.05, 3.63) is 30.3 Å². The molecule has 1 aliphatic carbocycles. The highest BCUT2D eigenvalue weighted by atomic mass is 32.2. The molecule has 1 aromatic carbocycles. The second kappa shape index (κ2) is 5.55. The first-order valence-electron chi connectivity index (χ1n) is 5.55. The maximum absolute atomic E-state index is 13.5. The molecule has 2 rings (SSSR count). The van der Waals surface area contributed by atoms with Crippen LogP contribution in [0.25, 0.3) is 0 Å². The van der Waals surface area contributed by atoms with Gasteiger partial charge >= 0.3 is 0 Å². The third-order valence-corrected chi connectivity index (χ3v) is 3.85. The van der Waals surface area contributed by atoms with Crippen LogP contribution in [0.5, 0.6) is 0 Å². The van der Waals surface area contributed by atoms with Crippen LogP contribution >= 0.6 is 0 Å². The molecule has 0 aromatic heterocycles. The third-order valence-electron chi connectivity index (χ3n) is 2.77. The van der Waals surface area contributed by atoms with Gasteiger partial charge in [-0.25, -0.2) is 8.60 Å². The van der Waals surface area contributed by atoms with Gasteiger partial charge in [0.15, 0.2) is 11.1 Å². The zero-order valence-corrected chi connectivity index (χ0v) is 9.79. The Labute approximate surface area is 97.5 Å². The fourth-order valence-electron chi connectivity index (χ4n) is 1.86. The van der Waals surface area contributed by atoms with Crippen molar-refractivity contribution in [3.8, 4) is 0 Å². The van der Waals surface area contributed by atoms with Crippen LogP contribution in [0.2, 0.25) is 0 Å². The second-order valence-electron chi connectivity index (χ2n) is 3.98. The van der Waals surface area contributed by atoms with Gasteiger partial charge in [-0.05, 0) is 25.0 Å². The van der Waals surface area contributed by atoms with E-state index < -0.39 is 23.4 Å². The summed E-state index contributed by atoms with van der Waals surface area (Å²) >= 11 is -1.54. The lowest BCUT2D eigenvalue weighted by molar-refractivity contribution is 0.0749. The lowest BCUT2D eigenvalue weighted by Crippen LogP contribution is -2.29. The Bertz CT molecular complexity index is 355. The van der Waals surface area contributed by atoms with Gasteiger partial charge in [0.25, 0.3) is 0 Å². The molecule has 1 saturated carbocycles. The van der Waals surface area contributed by atoms with Crippen LogP contribution in [0, 0.1) is 0 Å². The minimum atomic E-state index is -1.54. The van der Waals surface area contributed by atoms with Gasteiger partial charge in [0, 0.05) is 0 Å². The van der Waals surface area contributed by atoms with Crippen molar-refractivity contribution in [2.45, 2.75) is 42.9 Å². The van der Waals surface area contributed by atoms with E-state index in [9.17, 15) is 8.60 Å². The number of hydrogen-bond donors (Lipinski definition) is 0. The molecular formula is C12H15FO2S. The summed E-state index contributed by atoms with van der Waals surface area (Å²) in [5, 5.41) is 0. The summed E-state index contributed by atoms with van der Waals surface area (Å²) in [6, 6.07) is 8.90. The fraction of sp³-hybridized carbons (Fsp3) is 0.500. The van der Waals surface area contributed by atoms with Gasteiger partial charge in [-0.3, -0.25) is 4.18 Å². The average Bonchev–Trinajstić information content (AvgIpc) is 2.33. The van der Waals surface area contributed by atoms with Crippen LogP contribution < -0.4 is 0 Å². The zero-order valence-electron chi connectivity index (χ0n) is 8.97. The van der Waals surface area contributed by atoms with Gasteiger partial charge in [-0.2, -0.15) is 0 Å². The highest BCUT2D eigenvalue weighted by Gasteiger charge is 2.27. The minimum Gasteiger partial charge on any atom is -0.280 e. The standard InChI is InChI=1S/C12H15FO2S/c13-11-8-4-5-9-12(11)15-16(14)10-6-2-1-3-7-10/h1-3,6-7,11-12H,4-5,8-9H2. The molecule has 0 amide bonds. The van der Waals surface area contributed by atoms with Crippen molar-refractivity contribution in [1.29, 1.82) is 0 Å². The van der Waals surface area contributed by atoms with Gasteiger partial charge in [0.05, 0.1) is 4.90 Å². The van der Waals surface area contributed by atoms with Crippen molar-refractivity contribution >= 4 is 11.1 Å². The summed E-state index contributed by atoms with van der Waals surface area (Å²) in [5.74, 6) is 0. The first-order chi connectivity index (χ1) is 7.77. The molecule has 0 radical (unpaired) electrons. The third kappa shape index (κ3) is 2.89. The SMILES string of the molecule is O=S(OC1CCCCC1F)c1ccccc1. The molecule has 0 N–H and O–H groups in total. The molecular weight excluding hydrogens is 227 g/mol. The molecule has 0 saturated heterocycles. The molecule has 1 fully saturated rings. The van der Waals surface area contributed by atoms with Crippen molar-refractivity contribution in [2.75, 3.05) is 0 Å². The van der Waals surface area contributed by atoms with Crippen LogP contribution in [-0.2, 0) is 15.3 Å². The Morgan fingerprint density at radius 2 is 1.88 bits per heavy atom. The Kier molecular flexibility index (Phi) is 4.07. The van der Waals surface area contributed by atoms with Crippen LogP contribution in [0.3, 0.4) is 0 Å². The van der Waals surface area contributed by atoms with Crippen molar-refractivity contribution in [2.24, 2.45) is 0 Å². The summed E-state index contributed by atoms with van der Waals surface area (Å²) in [6.07, 6.45) is 1.57. The monoisotopic (exact) mass is 242 g/mol. The van der Waals surface area contributed by atoms with E-state index in [1.54, 1.807) is 24.3 Å². The predicted octanol–water partition coefficient (Wildman–Crippen LogP) is 3.01. The highest BCUT2D eigenvalue weighted by Crippen LogP contribution is 2.25. The van der Waals surface area contributed by atoms with E-state index in [4.69, 9.17) is 4.18 Å². The number of hydrogen-bond acceptors (Lipinski definition) is 2. The first kappa shape index (κ1) is 11.7. The van der Waals surface area contributed by atoms with Gasteiger partial charge in [0.1, 0.15) is 12.3 Å². The molecule has 2 nitrogen and oxygen atoms in total. The maximum Gasteiger partial charge on any atom is 0.189 e. The molecule has 0 bridgehead atoms. The molecule has 3 unspecified atom stereocenters. The smallest absolute Gasteiger partial charge is 0.189 e. The number of rotatable bonds is 3. The molecule has 0 heterocycles. The van der Waals surface area contributed by atoms with Crippen LogP contribution in [-0.4, -0.2) is 16.5 Å². The summed E-state index contributed by atoms with van der Waals surface area (Å²) in [7, 11) is 0. The Balaban J connectivity index is 1.96. The maximum atomic E-state index is 13.5. The minimum absolute atomic E-state index is 0.505.